The maximum Gasteiger partial charge on any atom is 0.269 e. The van der Waals surface area contributed by atoms with Crippen LogP contribution in [0, 0.1) is 5.92 Å². The predicted octanol–water partition coefficient (Wildman–Crippen LogP) is 3.40. The van der Waals surface area contributed by atoms with Gasteiger partial charge in [0.25, 0.3) is 11.8 Å². The van der Waals surface area contributed by atoms with Gasteiger partial charge in [-0.3, -0.25) is 25.2 Å². The highest BCUT2D eigenvalue weighted by Crippen LogP contribution is 2.12. The lowest BCUT2D eigenvalue weighted by Crippen LogP contribution is -2.41. The number of hydrogen-bond donors (Lipinski definition) is 3. The third-order valence-electron chi connectivity index (χ3n) is 3.40. The minimum Gasteiger partial charge on any atom is -0.326 e. The average Bonchev–Trinajstić information content (AvgIpc) is 2.59. The number of rotatable bonds is 5. The van der Waals surface area contributed by atoms with Gasteiger partial charge in [-0.15, -0.1) is 0 Å². The second-order valence-corrected chi connectivity index (χ2v) is 6.58. The number of carbonyl (C=O) groups excluding carboxylic acids is 3. The molecular weight excluding hydrogens is 354 g/mol. The molecule has 0 aliphatic rings. The van der Waals surface area contributed by atoms with Gasteiger partial charge in [0, 0.05) is 28.3 Å². The number of amides is 3. The van der Waals surface area contributed by atoms with E-state index in [2.05, 4.69) is 16.2 Å². The van der Waals surface area contributed by atoms with Gasteiger partial charge in [0.1, 0.15) is 0 Å². The lowest BCUT2D eigenvalue weighted by atomic mass is 10.1. The number of halogens is 1. The molecule has 2 rings (SSSR count). The number of hydrogen-bond acceptors (Lipinski definition) is 3. The molecule has 0 bridgehead atoms. The largest absolute Gasteiger partial charge is 0.326 e. The van der Waals surface area contributed by atoms with Crippen molar-refractivity contribution in [2.45, 2.75) is 20.3 Å². The molecule has 6 nitrogen and oxygen atoms in total. The van der Waals surface area contributed by atoms with Crippen LogP contribution in [-0.2, 0) is 4.79 Å². The van der Waals surface area contributed by atoms with Crippen molar-refractivity contribution in [1.29, 1.82) is 0 Å². The lowest BCUT2D eigenvalue weighted by molar-refractivity contribution is -0.116. The molecule has 0 unspecified atom stereocenters. The highest BCUT2D eigenvalue weighted by Gasteiger charge is 2.10. The van der Waals surface area contributed by atoms with Crippen LogP contribution in [0.1, 0.15) is 41.0 Å². The summed E-state index contributed by atoms with van der Waals surface area (Å²) < 4.78 is 0. The van der Waals surface area contributed by atoms with Crippen molar-refractivity contribution in [1.82, 2.24) is 10.9 Å². The van der Waals surface area contributed by atoms with Gasteiger partial charge >= 0.3 is 0 Å². The van der Waals surface area contributed by atoms with Crippen molar-refractivity contribution in [3.63, 3.8) is 0 Å². The van der Waals surface area contributed by atoms with E-state index in [1.165, 1.54) is 6.07 Å². The third-order valence-corrected chi connectivity index (χ3v) is 3.64. The topological polar surface area (TPSA) is 87.3 Å². The molecule has 0 aromatic heterocycles. The smallest absolute Gasteiger partial charge is 0.269 e. The van der Waals surface area contributed by atoms with Crippen molar-refractivity contribution in [2.24, 2.45) is 5.92 Å². The van der Waals surface area contributed by atoms with Crippen LogP contribution in [0.15, 0.2) is 48.5 Å². The first kappa shape index (κ1) is 19.5. The summed E-state index contributed by atoms with van der Waals surface area (Å²) in [6.07, 6.45) is 0.428. The van der Waals surface area contributed by atoms with Crippen LogP contribution < -0.4 is 16.2 Å². The molecule has 0 fully saturated rings. The molecule has 26 heavy (non-hydrogen) atoms. The molecule has 0 atom stereocenters. The summed E-state index contributed by atoms with van der Waals surface area (Å²) in [7, 11) is 0. The summed E-state index contributed by atoms with van der Waals surface area (Å²) in [4.78, 5) is 35.8. The van der Waals surface area contributed by atoms with Crippen LogP contribution in [0.4, 0.5) is 5.69 Å². The fourth-order valence-electron chi connectivity index (χ4n) is 2.18. The highest BCUT2D eigenvalue weighted by atomic mass is 35.5. The molecule has 0 aliphatic carbocycles. The van der Waals surface area contributed by atoms with Gasteiger partial charge in [0.05, 0.1) is 0 Å². The molecule has 2 aromatic rings. The van der Waals surface area contributed by atoms with Crippen molar-refractivity contribution in [3.8, 4) is 0 Å². The Morgan fingerprint density at radius 3 is 2.12 bits per heavy atom. The Hall–Kier alpha value is -2.86. The molecule has 0 heterocycles. The van der Waals surface area contributed by atoms with Crippen LogP contribution >= 0.6 is 11.6 Å². The average molecular weight is 374 g/mol. The maximum absolute atomic E-state index is 12.1. The second-order valence-electron chi connectivity index (χ2n) is 6.14. The standard InChI is InChI=1S/C19H20ClN3O3/c1-12(2)10-17(24)21-16-8-6-13(7-9-16)18(25)22-23-19(26)14-4-3-5-15(20)11-14/h3-9,11-12H,10H2,1-2H3,(H,21,24)(H,22,25)(H,23,26). The summed E-state index contributed by atoms with van der Waals surface area (Å²) in [5.41, 5.74) is 5.95. The van der Waals surface area contributed by atoms with Gasteiger partial charge < -0.3 is 5.32 Å². The number of nitrogens with one attached hydrogen (secondary N) is 3. The first-order valence-corrected chi connectivity index (χ1v) is 8.49. The van der Waals surface area contributed by atoms with Crippen LogP contribution in [0.3, 0.4) is 0 Å². The first-order valence-electron chi connectivity index (χ1n) is 8.11. The van der Waals surface area contributed by atoms with E-state index in [0.717, 1.165) is 0 Å². The Morgan fingerprint density at radius 2 is 1.54 bits per heavy atom. The predicted molar refractivity (Wildman–Crippen MR) is 101 cm³/mol. The minimum absolute atomic E-state index is 0.0778. The van der Waals surface area contributed by atoms with Crippen molar-refractivity contribution >= 4 is 35.0 Å². The summed E-state index contributed by atoms with van der Waals surface area (Å²) >= 11 is 5.83. The Kier molecular flexibility index (Phi) is 6.74. The zero-order chi connectivity index (χ0) is 19.1. The number of benzene rings is 2. The molecule has 0 saturated carbocycles. The van der Waals surface area contributed by atoms with Crippen molar-refractivity contribution < 1.29 is 14.4 Å². The molecule has 3 amide bonds. The molecule has 2 aromatic carbocycles. The van der Waals surface area contributed by atoms with Crippen LogP contribution in [0.5, 0.6) is 0 Å². The fourth-order valence-corrected chi connectivity index (χ4v) is 2.37. The van der Waals surface area contributed by atoms with Gasteiger partial charge in [-0.25, -0.2) is 0 Å². The summed E-state index contributed by atoms with van der Waals surface area (Å²) in [5.74, 6) is -0.756. The van der Waals surface area contributed by atoms with E-state index >= 15 is 0 Å². The Labute approximate surface area is 156 Å². The molecule has 136 valence electrons. The quantitative estimate of drug-likeness (QED) is 0.702. The molecular formula is C19H20ClN3O3. The van der Waals surface area contributed by atoms with Crippen LogP contribution in [0.2, 0.25) is 5.02 Å². The lowest BCUT2D eigenvalue weighted by Gasteiger charge is -2.09. The van der Waals surface area contributed by atoms with Gasteiger partial charge in [-0.2, -0.15) is 0 Å². The first-order chi connectivity index (χ1) is 12.3. The van der Waals surface area contributed by atoms with E-state index in [1.807, 2.05) is 13.8 Å². The zero-order valence-electron chi connectivity index (χ0n) is 14.5. The van der Waals surface area contributed by atoms with E-state index in [4.69, 9.17) is 11.6 Å². The van der Waals surface area contributed by atoms with Gasteiger partial charge in [-0.05, 0) is 48.4 Å². The number of anilines is 1. The Balaban J connectivity index is 1.89. The summed E-state index contributed by atoms with van der Waals surface area (Å²) in [5, 5.41) is 3.19. The summed E-state index contributed by atoms with van der Waals surface area (Å²) in [6, 6.07) is 12.8. The van der Waals surface area contributed by atoms with Gasteiger partial charge in [-0.1, -0.05) is 31.5 Å². The molecule has 0 aliphatic heterocycles. The Morgan fingerprint density at radius 1 is 0.923 bits per heavy atom. The molecule has 3 N–H and O–H groups in total. The van der Waals surface area contributed by atoms with E-state index in [-0.39, 0.29) is 11.8 Å². The van der Waals surface area contributed by atoms with Gasteiger partial charge in [0.2, 0.25) is 5.91 Å². The van der Waals surface area contributed by atoms with Crippen LogP contribution in [-0.4, -0.2) is 17.7 Å². The number of hydrazine groups is 1. The van der Waals surface area contributed by atoms with Crippen LogP contribution in [0.25, 0.3) is 0 Å². The van der Waals surface area contributed by atoms with E-state index in [0.29, 0.717) is 28.3 Å². The molecule has 7 heteroatoms. The fraction of sp³-hybridized carbons (Fsp3) is 0.211. The van der Waals surface area contributed by atoms with Crippen molar-refractivity contribution in [3.05, 3.63) is 64.7 Å². The van der Waals surface area contributed by atoms with E-state index in [1.54, 1.807) is 42.5 Å². The third kappa shape index (κ3) is 5.89. The SMILES string of the molecule is CC(C)CC(=O)Nc1ccc(C(=O)NNC(=O)c2cccc(Cl)c2)cc1. The highest BCUT2D eigenvalue weighted by molar-refractivity contribution is 6.31. The van der Waals surface area contributed by atoms with Crippen molar-refractivity contribution in [2.75, 3.05) is 5.32 Å². The maximum atomic E-state index is 12.1. The second kappa shape index (κ2) is 9.01. The zero-order valence-corrected chi connectivity index (χ0v) is 15.3. The normalized spacial score (nSPS) is 10.3. The van der Waals surface area contributed by atoms with E-state index < -0.39 is 11.8 Å². The molecule has 0 radical (unpaired) electrons. The molecule has 0 saturated heterocycles. The monoisotopic (exact) mass is 373 g/mol. The van der Waals surface area contributed by atoms with E-state index in [9.17, 15) is 14.4 Å². The summed E-state index contributed by atoms with van der Waals surface area (Å²) in [6.45, 7) is 3.93. The van der Waals surface area contributed by atoms with Gasteiger partial charge in [0.15, 0.2) is 0 Å². The minimum atomic E-state index is -0.474. The number of carbonyl (C=O) groups is 3. The molecule has 0 spiro atoms. The Bertz CT molecular complexity index is 804.